The minimum absolute atomic E-state index is 0.00354. The molecule has 2 unspecified atom stereocenters. The fraction of sp³-hybridized carbons (Fsp3) is 0.826. The molecule has 3 aliphatic rings. The van der Waals surface area contributed by atoms with Crippen LogP contribution in [-0.4, -0.2) is 42.0 Å². The Labute approximate surface area is 173 Å². The zero-order chi connectivity index (χ0) is 21.0. The number of hydrogen-bond donors (Lipinski definition) is 1. The second kappa shape index (κ2) is 10.0. The maximum Gasteiger partial charge on any atom is 0.245 e. The normalized spacial score (nSPS) is 27.8. The Hall–Kier alpha value is -1.46. The van der Waals surface area contributed by atoms with Crippen molar-refractivity contribution in [2.45, 2.75) is 83.8 Å². The van der Waals surface area contributed by atoms with E-state index in [9.17, 15) is 18.4 Å². The Bertz CT molecular complexity index is 608. The molecule has 0 aromatic heterocycles. The monoisotopic (exact) mass is 410 g/mol. The average molecular weight is 411 g/mol. The fourth-order valence-electron chi connectivity index (χ4n) is 5.26. The van der Waals surface area contributed by atoms with Crippen molar-refractivity contribution in [3.63, 3.8) is 0 Å². The molecular formula is C23H36F2N2O2. The van der Waals surface area contributed by atoms with Crippen LogP contribution in [0.25, 0.3) is 0 Å². The zero-order valence-corrected chi connectivity index (χ0v) is 17.8. The third-order valence-corrected chi connectivity index (χ3v) is 7.14. The lowest BCUT2D eigenvalue weighted by Crippen LogP contribution is -2.53. The van der Waals surface area contributed by atoms with E-state index in [2.05, 4.69) is 5.32 Å². The van der Waals surface area contributed by atoms with E-state index in [-0.39, 0.29) is 30.1 Å². The van der Waals surface area contributed by atoms with E-state index < -0.39 is 18.0 Å². The number of rotatable bonds is 6. The molecule has 1 aliphatic heterocycles. The summed E-state index contributed by atoms with van der Waals surface area (Å²) in [6, 6.07) is -0.484. The SMILES string of the molecule is CC(C)[C@@H](NC(=O)CC1CCCC1)C(=O)N1CCC(C2CC=C(F)C(F)C2)CC1. The molecule has 0 bridgehead atoms. The van der Waals surface area contributed by atoms with Gasteiger partial charge in [0.15, 0.2) is 6.17 Å². The van der Waals surface area contributed by atoms with Crippen LogP contribution in [0, 0.1) is 23.7 Å². The highest BCUT2D eigenvalue weighted by Gasteiger charge is 2.35. The van der Waals surface area contributed by atoms with E-state index in [1.165, 1.54) is 18.9 Å². The minimum atomic E-state index is -1.46. The molecule has 0 aromatic carbocycles. The predicted molar refractivity (Wildman–Crippen MR) is 109 cm³/mol. The molecule has 0 aromatic rings. The summed E-state index contributed by atoms with van der Waals surface area (Å²) in [7, 11) is 0. The van der Waals surface area contributed by atoms with Gasteiger partial charge in [-0.3, -0.25) is 9.59 Å². The summed E-state index contributed by atoms with van der Waals surface area (Å²) in [4.78, 5) is 27.4. The summed E-state index contributed by atoms with van der Waals surface area (Å²) in [6.45, 7) is 5.20. The second-order valence-electron chi connectivity index (χ2n) is 9.59. The highest BCUT2D eigenvalue weighted by molar-refractivity contribution is 5.88. The first-order valence-electron chi connectivity index (χ1n) is 11.4. The van der Waals surface area contributed by atoms with Crippen LogP contribution in [0.3, 0.4) is 0 Å². The van der Waals surface area contributed by atoms with Gasteiger partial charge in [0.05, 0.1) is 0 Å². The number of carbonyl (C=O) groups is 2. The molecule has 1 saturated heterocycles. The van der Waals surface area contributed by atoms with Gasteiger partial charge in [-0.15, -0.1) is 0 Å². The fourth-order valence-corrected chi connectivity index (χ4v) is 5.26. The smallest absolute Gasteiger partial charge is 0.245 e. The Morgan fingerprint density at radius 3 is 2.38 bits per heavy atom. The quantitative estimate of drug-likeness (QED) is 0.698. The van der Waals surface area contributed by atoms with Crippen LogP contribution in [0.5, 0.6) is 0 Å². The van der Waals surface area contributed by atoms with Crippen molar-refractivity contribution in [3.8, 4) is 0 Å². The lowest BCUT2D eigenvalue weighted by molar-refractivity contribution is -0.139. The lowest BCUT2D eigenvalue weighted by atomic mass is 9.77. The Morgan fingerprint density at radius 2 is 1.79 bits per heavy atom. The van der Waals surface area contributed by atoms with Gasteiger partial charge in [-0.05, 0) is 68.3 Å². The highest BCUT2D eigenvalue weighted by atomic mass is 19.2. The summed E-state index contributed by atoms with van der Waals surface area (Å²) < 4.78 is 27.0. The molecule has 1 saturated carbocycles. The van der Waals surface area contributed by atoms with Crippen LogP contribution in [0.2, 0.25) is 0 Å². The second-order valence-corrected chi connectivity index (χ2v) is 9.59. The third kappa shape index (κ3) is 5.79. The van der Waals surface area contributed by atoms with Crippen molar-refractivity contribution in [3.05, 3.63) is 11.9 Å². The number of hydrogen-bond acceptors (Lipinski definition) is 2. The number of halogens is 2. The van der Waals surface area contributed by atoms with Crippen LogP contribution in [0.4, 0.5) is 8.78 Å². The summed E-state index contributed by atoms with van der Waals surface area (Å²) in [6.07, 6.45) is 7.57. The van der Waals surface area contributed by atoms with Gasteiger partial charge in [-0.1, -0.05) is 26.7 Å². The van der Waals surface area contributed by atoms with Crippen molar-refractivity contribution in [1.29, 1.82) is 0 Å². The van der Waals surface area contributed by atoms with Gasteiger partial charge in [-0.2, -0.15) is 0 Å². The first kappa shape index (κ1) is 22.2. The molecule has 2 amide bonds. The van der Waals surface area contributed by atoms with E-state index in [1.807, 2.05) is 18.7 Å². The van der Waals surface area contributed by atoms with Crippen LogP contribution in [0.1, 0.15) is 71.6 Å². The van der Waals surface area contributed by atoms with Crippen molar-refractivity contribution in [2.75, 3.05) is 13.1 Å². The Kier molecular flexibility index (Phi) is 7.69. The largest absolute Gasteiger partial charge is 0.344 e. The number of carbonyl (C=O) groups excluding carboxylic acids is 2. The molecule has 2 fully saturated rings. The molecule has 1 heterocycles. The van der Waals surface area contributed by atoms with E-state index in [1.54, 1.807) is 0 Å². The first-order chi connectivity index (χ1) is 13.8. The predicted octanol–water partition coefficient (Wildman–Crippen LogP) is 4.55. The zero-order valence-electron chi connectivity index (χ0n) is 17.8. The molecule has 4 nitrogen and oxygen atoms in total. The van der Waals surface area contributed by atoms with Gasteiger partial charge < -0.3 is 10.2 Å². The molecular weight excluding hydrogens is 374 g/mol. The number of likely N-dealkylation sites (tertiary alicyclic amines) is 1. The van der Waals surface area contributed by atoms with Gasteiger partial charge in [0, 0.05) is 19.5 Å². The summed E-state index contributed by atoms with van der Waals surface area (Å²) in [5, 5.41) is 3.00. The van der Waals surface area contributed by atoms with E-state index >= 15 is 0 Å². The van der Waals surface area contributed by atoms with E-state index in [4.69, 9.17) is 0 Å². The first-order valence-corrected chi connectivity index (χ1v) is 11.4. The van der Waals surface area contributed by atoms with Crippen LogP contribution in [0.15, 0.2) is 11.9 Å². The number of nitrogens with one attached hydrogen (secondary N) is 1. The molecule has 0 radical (unpaired) electrons. The maximum absolute atomic E-state index is 13.7. The van der Waals surface area contributed by atoms with Crippen LogP contribution in [-0.2, 0) is 9.59 Å². The van der Waals surface area contributed by atoms with Gasteiger partial charge in [0.2, 0.25) is 11.8 Å². The molecule has 3 rings (SSSR count). The molecule has 29 heavy (non-hydrogen) atoms. The number of alkyl halides is 1. The van der Waals surface area contributed by atoms with Gasteiger partial charge in [0.25, 0.3) is 0 Å². The molecule has 3 atom stereocenters. The van der Waals surface area contributed by atoms with Gasteiger partial charge in [-0.25, -0.2) is 8.78 Å². The number of piperidine rings is 1. The molecule has 6 heteroatoms. The summed E-state index contributed by atoms with van der Waals surface area (Å²) >= 11 is 0. The standard InChI is InChI=1S/C23H36F2N2O2/c1-15(2)22(26-21(28)13-16-5-3-4-6-16)23(29)27-11-9-17(10-12-27)18-7-8-19(24)20(25)14-18/h8,15-18,20,22H,3-7,9-14H2,1-2H3,(H,26,28)/t18?,20?,22-/m1/s1. The molecule has 164 valence electrons. The number of allylic oxidation sites excluding steroid dienone is 2. The number of amides is 2. The topological polar surface area (TPSA) is 49.4 Å². The van der Waals surface area contributed by atoms with E-state index in [0.29, 0.717) is 37.8 Å². The Morgan fingerprint density at radius 1 is 1.14 bits per heavy atom. The molecule has 1 N–H and O–H groups in total. The highest BCUT2D eigenvalue weighted by Crippen LogP contribution is 2.37. The Balaban J connectivity index is 1.50. The lowest BCUT2D eigenvalue weighted by Gasteiger charge is -2.39. The van der Waals surface area contributed by atoms with Crippen molar-refractivity contribution >= 4 is 11.8 Å². The summed E-state index contributed by atoms with van der Waals surface area (Å²) in [5.74, 6) is 0.348. The van der Waals surface area contributed by atoms with Crippen LogP contribution < -0.4 is 5.32 Å². The van der Waals surface area contributed by atoms with E-state index in [0.717, 1.165) is 25.7 Å². The van der Waals surface area contributed by atoms with Gasteiger partial charge in [0.1, 0.15) is 11.9 Å². The van der Waals surface area contributed by atoms with Crippen molar-refractivity contribution in [1.82, 2.24) is 10.2 Å². The van der Waals surface area contributed by atoms with Gasteiger partial charge >= 0.3 is 0 Å². The average Bonchev–Trinajstić information content (AvgIpc) is 3.20. The van der Waals surface area contributed by atoms with Crippen molar-refractivity contribution < 1.29 is 18.4 Å². The third-order valence-electron chi connectivity index (χ3n) is 7.14. The van der Waals surface area contributed by atoms with Crippen molar-refractivity contribution in [2.24, 2.45) is 23.7 Å². The van der Waals surface area contributed by atoms with Crippen LogP contribution >= 0.6 is 0 Å². The minimum Gasteiger partial charge on any atom is -0.344 e. The maximum atomic E-state index is 13.7. The molecule has 0 spiro atoms. The summed E-state index contributed by atoms with van der Waals surface area (Å²) in [5.41, 5.74) is 0. The number of nitrogens with zero attached hydrogens (tertiary/aromatic N) is 1. The molecule has 2 aliphatic carbocycles.